The van der Waals surface area contributed by atoms with Crippen molar-refractivity contribution in [1.29, 1.82) is 0 Å². The molecule has 0 aromatic heterocycles. The molecule has 0 unspecified atom stereocenters. The molecule has 21 heavy (non-hydrogen) atoms. The minimum absolute atomic E-state index is 0.250. The molecule has 2 atom stereocenters. The molecule has 0 bridgehead atoms. The zero-order valence-electron chi connectivity index (χ0n) is 11.8. The molecular weight excluding hydrogens is 338 g/mol. The van der Waals surface area contributed by atoms with Crippen LogP contribution in [-0.2, 0) is 25.5 Å². The largest absolute Gasteiger partial charge is 0.467 e. The van der Waals surface area contributed by atoms with E-state index in [4.69, 9.17) is 9.47 Å². The fraction of sp³-hybridized carbons (Fsp3) is 0.467. The maximum absolute atomic E-state index is 12.1. The Kier molecular flexibility index (Phi) is 5.76. The minimum atomic E-state index is -0.701. The molecule has 0 radical (unpaired) electrons. The molecule has 1 amide bonds. The Balaban J connectivity index is 2.01. The van der Waals surface area contributed by atoms with Gasteiger partial charge in [-0.2, -0.15) is 0 Å². The van der Waals surface area contributed by atoms with E-state index >= 15 is 0 Å². The SMILES string of the molecule is COC(=O)[C@H](Cc1ccc(Br)cc1)NC(=O)[C@@H]1CCCO1. The van der Waals surface area contributed by atoms with E-state index in [0.717, 1.165) is 16.5 Å². The van der Waals surface area contributed by atoms with Gasteiger partial charge in [0.1, 0.15) is 12.1 Å². The molecule has 1 N–H and O–H groups in total. The lowest BCUT2D eigenvalue weighted by Gasteiger charge is -2.18. The lowest BCUT2D eigenvalue weighted by molar-refractivity contribution is -0.146. The van der Waals surface area contributed by atoms with Crippen LogP contribution in [0.1, 0.15) is 18.4 Å². The maximum Gasteiger partial charge on any atom is 0.328 e. The first-order chi connectivity index (χ1) is 10.1. The second-order valence-electron chi connectivity index (χ2n) is 4.92. The van der Waals surface area contributed by atoms with Crippen molar-refractivity contribution < 1.29 is 19.1 Å². The van der Waals surface area contributed by atoms with Crippen LogP contribution >= 0.6 is 15.9 Å². The quantitative estimate of drug-likeness (QED) is 0.818. The van der Waals surface area contributed by atoms with Crippen molar-refractivity contribution in [3.8, 4) is 0 Å². The second kappa shape index (κ2) is 7.56. The highest BCUT2D eigenvalue weighted by Gasteiger charge is 2.28. The van der Waals surface area contributed by atoms with Crippen molar-refractivity contribution >= 4 is 27.8 Å². The van der Waals surface area contributed by atoms with Gasteiger partial charge in [-0.1, -0.05) is 28.1 Å². The Morgan fingerprint density at radius 2 is 2.14 bits per heavy atom. The number of halogens is 1. The van der Waals surface area contributed by atoms with E-state index in [9.17, 15) is 9.59 Å². The highest BCUT2D eigenvalue weighted by Crippen LogP contribution is 2.14. The number of carbonyl (C=O) groups is 2. The Hall–Kier alpha value is -1.40. The van der Waals surface area contributed by atoms with E-state index in [0.29, 0.717) is 19.4 Å². The summed E-state index contributed by atoms with van der Waals surface area (Å²) in [5, 5.41) is 2.72. The van der Waals surface area contributed by atoms with Crippen molar-refractivity contribution in [1.82, 2.24) is 5.32 Å². The minimum Gasteiger partial charge on any atom is -0.467 e. The Morgan fingerprint density at radius 1 is 1.43 bits per heavy atom. The third-order valence-corrected chi connectivity index (χ3v) is 3.91. The van der Waals surface area contributed by atoms with Crippen LogP contribution in [0.2, 0.25) is 0 Å². The van der Waals surface area contributed by atoms with E-state index < -0.39 is 18.1 Å². The molecule has 1 saturated heterocycles. The van der Waals surface area contributed by atoms with E-state index in [-0.39, 0.29) is 5.91 Å². The van der Waals surface area contributed by atoms with Crippen LogP contribution < -0.4 is 5.32 Å². The van der Waals surface area contributed by atoms with Gasteiger partial charge in [0.2, 0.25) is 5.91 Å². The summed E-state index contributed by atoms with van der Waals surface area (Å²) in [7, 11) is 1.31. The summed E-state index contributed by atoms with van der Waals surface area (Å²) in [6.07, 6.45) is 1.49. The molecular formula is C15H18BrNO4. The smallest absolute Gasteiger partial charge is 0.328 e. The predicted molar refractivity (Wildman–Crippen MR) is 80.8 cm³/mol. The van der Waals surface area contributed by atoms with Gasteiger partial charge in [0.05, 0.1) is 7.11 Å². The second-order valence-corrected chi connectivity index (χ2v) is 5.83. The van der Waals surface area contributed by atoms with Crippen molar-refractivity contribution in [3.05, 3.63) is 34.3 Å². The molecule has 1 aliphatic heterocycles. The molecule has 5 nitrogen and oxygen atoms in total. The molecule has 1 aromatic carbocycles. The van der Waals surface area contributed by atoms with Crippen LogP contribution in [0.15, 0.2) is 28.7 Å². The fourth-order valence-corrected chi connectivity index (χ4v) is 2.51. The first-order valence-corrected chi connectivity index (χ1v) is 7.63. The van der Waals surface area contributed by atoms with Crippen LogP contribution in [0.25, 0.3) is 0 Å². The van der Waals surface area contributed by atoms with Crippen LogP contribution in [0, 0.1) is 0 Å². The van der Waals surface area contributed by atoms with Gasteiger partial charge in [0.15, 0.2) is 0 Å². The number of hydrogen-bond donors (Lipinski definition) is 1. The van der Waals surface area contributed by atoms with Gasteiger partial charge in [-0.25, -0.2) is 4.79 Å². The summed E-state index contributed by atoms with van der Waals surface area (Å²) in [4.78, 5) is 23.9. The highest BCUT2D eigenvalue weighted by atomic mass is 79.9. The molecule has 6 heteroatoms. The average molecular weight is 356 g/mol. The molecule has 1 heterocycles. The van der Waals surface area contributed by atoms with Crippen LogP contribution in [0.5, 0.6) is 0 Å². The monoisotopic (exact) mass is 355 g/mol. The number of ether oxygens (including phenoxy) is 2. The molecule has 2 rings (SSSR count). The van der Waals surface area contributed by atoms with Gasteiger partial charge >= 0.3 is 5.97 Å². The Bertz CT molecular complexity index is 497. The number of hydrogen-bond acceptors (Lipinski definition) is 4. The summed E-state index contributed by atoms with van der Waals surface area (Å²) < 4.78 is 11.1. The van der Waals surface area contributed by atoms with Gasteiger partial charge in [-0.15, -0.1) is 0 Å². The van der Waals surface area contributed by atoms with Crippen molar-refractivity contribution in [2.75, 3.05) is 13.7 Å². The number of methoxy groups -OCH3 is 1. The third kappa shape index (κ3) is 4.54. The first-order valence-electron chi connectivity index (χ1n) is 6.84. The Labute approximate surface area is 132 Å². The summed E-state index contributed by atoms with van der Waals surface area (Å²) in [6, 6.07) is 6.89. The van der Waals surface area contributed by atoms with Gasteiger partial charge in [0, 0.05) is 17.5 Å². The molecule has 1 aromatic rings. The lowest BCUT2D eigenvalue weighted by Crippen LogP contribution is -2.47. The summed E-state index contributed by atoms with van der Waals surface area (Å²) >= 11 is 3.36. The van der Waals surface area contributed by atoms with Gasteiger partial charge in [-0.05, 0) is 30.5 Å². The number of carbonyl (C=O) groups excluding carboxylic acids is 2. The van der Waals surface area contributed by atoms with E-state index in [1.165, 1.54) is 7.11 Å². The molecule has 1 aliphatic rings. The summed E-state index contributed by atoms with van der Waals surface area (Å²) in [5.74, 6) is -0.704. The Morgan fingerprint density at radius 3 is 2.71 bits per heavy atom. The number of benzene rings is 1. The summed E-state index contributed by atoms with van der Waals surface area (Å²) in [5.41, 5.74) is 0.946. The lowest BCUT2D eigenvalue weighted by atomic mass is 10.1. The van der Waals surface area contributed by atoms with Gasteiger partial charge in [-0.3, -0.25) is 4.79 Å². The normalized spacial score (nSPS) is 19.0. The number of amides is 1. The molecule has 0 spiro atoms. The number of rotatable bonds is 5. The molecule has 0 saturated carbocycles. The van der Waals surface area contributed by atoms with Crippen molar-refractivity contribution in [2.45, 2.75) is 31.4 Å². The van der Waals surface area contributed by atoms with Crippen LogP contribution in [0.4, 0.5) is 0 Å². The van der Waals surface area contributed by atoms with Crippen molar-refractivity contribution in [2.24, 2.45) is 0 Å². The van der Waals surface area contributed by atoms with Crippen LogP contribution in [-0.4, -0.2) is 37.7 Å². The van der Waals surface area contributed by atoms with Crippen LogP contribution in [0.3, 0.4) is 0 Å². The maximum atomic E-state index is 12.1. The third-order valence-electron chi connectivity index (χ3n) is 3.38. The predicted octanol–water partition coefficient (Wildman–Crippen LogP) is 1.83. The van der Waals surface area contributed by atoms with Gasteiger partial charge < -0.3 is 14.8 Å². The zero-order valence-corrected chi connectivity index (χ0v) is 13.4. The summed E-state index contributed by atoms with van der Waals surface area (Å²) in [6.45, 7) is 0.591. The molecule has 0 aliphatic carbocycles. The molecule has 1 fully saturated rings. The first kappa shape index (κ1) is 16.0. The van der Waals surface area contributed by atoms with E-state index in [1.807, 2.05) is 24.3 Å². The number of esters is 1. The molecule has 114 valence electrons. The fourth-order valence-electron chi connectivity index (χ4n) is 2.24. The van der Waals surface area contributed by atoms with E-state index in [1.54, 1.807) is 0 Å². The standard InChI is InChI=1S/C15H18BrNO4/c1-20-15(19)12(9-10-4-6-11(16)7-5-10)17-14(18)13-3-2-8-21-13/h4-7,12-13H,2-3,8-9H2,1H3,(H,17,18)/t12-,13-/m0/s1. The topological polar surface area (TPSA) is 64.6 Å². The zero-order chi connectivity index (χ0) is 15.2. The van der Waals surface area contributed by atoms with Gasteiger partial charge in [0.25, 0.3) is 0 Å². The van der Waals surface area contributed by atoms with E-state index in [2.05, 4.69) is 21.2 Å². The average Bonchev–Trinajstić information content (AvgIpc) is 3.02. The van der Waals surface area contributed by atoms with Crippen molar-refractivity contribution in [3.63, 3.8) is 0 Å². The number of nitrogens with one attached hydrogen (secondary N) is 1. The highest BCUT2D eigenvalue weighted by molar-refractivity contribution is 9.10.